The first-order chi connectivity index (χ1) is 8.86. The molecule has 0 saturated carbocycles. The third kappa shape index (κ3) is 2.11. The first-order valence-electron chi connectivity index (χ1n) is 6.09. The third-order valence-corrected chi connectivity index (χ3v) is 3.01. The molecular weight excluding hydrogens is 232 g/mol. The Morgan fingerprint density at radius 3 is 2.83 bits per heavy atom. The molecule has 2 aromatic heterocycles. The summed E-state index contributed by atoms with van der Waals surface area (Å²) in [5.74, 6) is 2.24. The zero-order chi connectivity index (χ0) is 12.4. The van der Waals surface area contributed by atoms with E-state index in [1.54, 1.807) is 12.4 Å². The minimum atomic E-state index is 0.248. The summed E-state index contributed by atoms with van der Waals surface area (Å²) in [6, 6.07) is 0. The van der Waals surface area contributed by atoms with Gasteiger partial charge in [-0.05, 0) is 6.42 Å². The standard InChI is InChI=1S/C12H14N4O2/c1-2-10-13-5-9(6-14-10)12-15-11(16-18-12)8-3-4-17-7-8/h5-6,8H,2-4,7H2,1H3. The van der Waals surface area contributed by atoms with Crippen molar-refractivity contribution >= 4 is 0 Å². The van der Waals surface area contributed by atoms with Crippen molar-refractivity contribution in [3.05, 3.63) is 24.0 Å². The maximum atomic E-state index is 5.31. The predicted octanol–water partition coefficient (Wildman–Crippen LogP) is 1.59. The number of hydrogen-bond acceptors (Lipinski definition) is 6. The Balaban J connectivity index is 1.82. The second-order valence-electron chi connectivity index (χ2n) is 4.26. The van der Waals surface area contributed by atoms with Crippen molar-refractivity contribution < 1.29 is 9.26 Å². The van der Waals surface area contributed by atoms with E-state index in [0.29, 0.717) is 18.3 Å². The molecule has 1 fully saturated rings. The van der Waals surface area contributed by atoms with Crippen LogP contribution in [-0.2, 0) is 11.2 Å². The molecular formula is C12H14N4O2. The second kappa shape index (κ2) is 4.81. The largest absolute Gasteiger partial charge is 0.381 e. The summed E-state index contributed by atoms with van der Waals surface area (Å²) < 4.78 is 10.6. The highest BCUT2D eigenvalue weighted by Gasteiger charge is 2.23. The lowest BCUT2D eigenvalue weighted by atomic mass is 10.1. The van der Waals surface area contributed by atoms with E-state index >= 15 is 0 Å². The molecule has 0 spiro atoms. The van der Waals surface area contributed by atoms with Crippen LogP contribution in [0.3, 0.4) is 0 Å². The average Bonchev–Trinajstić information content (AvgIpc) is 3.09. The highest BCUT2D eigenvalue weighted by Crippen LogP contribution is 2.24. The molecule has 1 saturated heterocycles. The van der Waals surface area contributed by atoms with Gasteiger partial charge in [0.05, 0.1) is 12.2 Å². The Bertz CT molecular complexity index is 517. The monoisotopic (exact) mass is 246 g/mol. The van der Waals surface area contributed by atoms with Gasteiger partial charge < -0.3 is 9.26 Å². The molecule has 94 valence electrons. The fraction of sp³-hybridized carbons (Fsp3) is 0.500. The van der Waals surface area contributed by atoms with Crippen LogP contribution in [0.5, 0.6) is 0 Å². The quantitative estimate of drug-likeness (QED) is 0.818. The number of nitrogens with zero attached hydrogens (tertiary/aromatic N) is 4. The van der Waals surface area contributed by atoms with Crippen LogP contribution >= 0.6 is 0 Å². The average molecular weight is 246 g/mol. The van der Waals surface area contributed by atoms with Crippen molar-refractivity contribution in [3.63, 3.8) is 0 Å². The summed E-state index contributed by atoms with van der Waals surface area (Å²) in [4.78, 5) is 12.8. The fourth-order valence-corrected chi connectivity index (χ4v) is 1.90. The van der Waals surface area contributed by atoms with E-state index < -0.39 is 0 Å². The van der Waals surface area contributed by atoms with E-state index in [2.05, 4.69) is 20.1 Å². The summed E-state index contributed by atoms with van der Waals surface area (Å²) in [6.07, 6.45) is 5.20. The van der Waals surface area contributed by atoms with Gasteiger partial charge in [0, 0.05) is 31.3 Å². The molecule has 0 aromatic carbocycles. The number of ether oxygens (including phenoxy) is 1. The van der Waals surface area contributed by atoms with Gasteiger partial charge in [-0.1, -0.05) is 12.1 Å². The topological polar surface area (TPSA) is 73.9 Å². The molecule has 1 aliphatic heterocycles. The van der Waals surface area contributed by atoms with Crippen LogP contribution in [0.25, 0.3) is 11.5 Å². The lowest BCUT2D eigenvalue weighted by Crippen LogP contribution is -1.99. The smallest absolute Gasteiger partial charge is 0.261 e. The van der Waals surface area contributed by atoms with Gasteiger partial charge in [0.25, 0.3) is 5.89 Å². The normalized spacial score (nSPS) is 19.3. The lowest BCUT2D eigenvalue weighted by Gasteiger charge is -1.98. The van der Waals surface area contributed by atoms with Crippen LogP contribution in [0, 0.1) is 0 Å². The second-order valence-corrected chi connectivity index (χ2v) is 4.26. The molecule has 2 aromatic rings. The van der Waals surface area contributed by atoms with E-state index in [-0.39, 0.29) is 5.92 Å². The first kappa shape index (κ1) is 11.3. The molecule has 0 aliphatic carbocycles. The summed E-state index contributed by atoms with van der Waals surface area (Å²) in [5.41, 5.74) is 0.755. The molecule has 0 N–H and O–H groups in total. The van der Waals surface area contributed by atoms with Crippen LogP contribution < -0.4 is 0 Å². The molecule has 6 heteroatoms. The summed E-state index contributed by atoms with van der Waals surface area (Å²) in [6.45, 7) is 3.45. The predicted molar refractivity (Wildman–Crippen MR) is 62.9 cm³/mol. The van der Waals surface area contributed by atoms with Gasteiger partial charge in [0.1, 0.15) is 5.82 Å². The SMILES string of the molecule is CCc1ncc(-c2nc(C3CCOC3)no2)cn1. The first-order valence-corrected chi connectivity index (χ1v) is 6.09. The molecule has 0 amide bonds. The summed E-state index contributed by atoms with van der Waals surface area (Å²) in [5, 5.41) is 4.00. The minimum Gasteiger partial charge on any atom is -0.381 e. The Morgan fingerprint density at radius 1 is 1.33 bits per heavy atom. The Morgan fingerprint density at radius 2 is 2.17 bits per heavy atom. The Kier molecular flexibility index (Phi) is 3.02. The van der Waals surface area contributed by atoms with Crippen molar-refractivity contribution in [2.75, 3.05) is 13.2 Å². The van der Waals surface area contributed by atoms with E-state index in [1.807, 2.05) is 6.92 Å². The highest BCUT2D eigenvalue weighted by molar-refractivity contribution is 5.49. The lowest BCUT2D eigenvalue weighted by molar-refractivity contribution is 0.192. The molecule has 3 rings (SSSR count). The van der Waals surface area contributed by atoms with Crippen molar-refractivity contribution in [3.8, 4) is 11.5 Å². The number of hydrogen-bond donors (Lipinski definition) is 0. The molecule has 0 radical (unpaired) electrons. The molecule has 1 unspecified atom stereocenters. The van der Waals surface area contributed by atoms with Gasteiger partial charge in [0.2, 0.25) is 0 Å². The molecule has 18 heavy (non-hydrogen) atoms. The van der Waals surface area contributed by atoms with E-state index in [1.165, 1.54) is 0 Å². The fourth-order valence-electron chi connectivity index (χ4n) is 1.90. The van der Waals surface area contributed by atoms with Crippen LogP contribution in [0.15, 0.2) is 16.9 Å². The molecule has 1 atom stereocenters. The number of rotatable bonds is 3. The van der Waals surface area contributed by atoms with Gasteiger partial charge >= 0.3 is 0 Å². The highest BCUT2D eigenvalue weighted by atomic mass is 16.5. The van der Waals surface area contributed by atoms with Crippen molar-refractivity contribution in [1.29, 1.82) is 0 Å². The van der Waals surface area contributed by atoms with Crippen LogP contribution in [0.2, 0.25) is 0 Å². The summed E-state index contributed by atoms with van der Waals surface area (Å²) in [7, 11) is 0. The van der Waals surface area contributed by atoms with E-state index in [4.69, 9.17) is 9.26 Å². The van der Waals surface area contributed by atoms with Crippen LogP contribution in [0.1, 0.15) is 30.9 Å². The molecule has 3 heterocycles. The van der Waals surface area contributed by atoms with E-state index in [0.717, 1.165) is 30.8 Å². The zero-order valence-electron chi connectivity index (χ0n) is 10.2. The summed E-state index contributed by atoms with van der Waals surface area (Å²) >= 11 is 0. The van der Waals surface area contributed by atoms with Crippen molar-refractivity contribution in [1.82, 2.24) is 20.1 Å². The number of aromatic nitrogens is 4. The van der Waals surface area contributed by atoms with Gasteiger partial charge in [-0.3, -0.25) is 0 Å². The van der Waals surface area contributed by atoms with Gasteiger partial charge in [-0.25, -0.2) is 9.97 Å². The molecule has 6 nitrogen and oxygen atoms in total. The maximum absolute atomic E-state index is 5.31. The molecule has 1 aliphatic rings. The number of aryl methyl sites for hydroxylation is 1. The van der Waals surface area contributed by atoms with Gasteiger partial charge in [-0.15, -0.1) is 0 Å². The van der Waals surface area contributed by atoms with Gasteiger partial charge in [0.15, 0.2) is 5.82 Å². The van der Waals surface area contributed by atoms with E-state index in [9.17, 15) is 0 Å². The van der Waals surface area contributed by atoms with Crippen molar-refractivity contribution in [2.24, 2.45) is 0 Å². The third-order valence-electron chi connectivity index (χ3n) is 3.01. The van der Waals surface area contributed by atoms with Crippen molar-refractivity contribution in [2.45, 2.75) is 25.7 Å². The minimum absolute atomic E-state index is 0.248. The maximum Gasteiger partial charge on any atom is 0.261 e. The Labute approximate surface area is 104 Å². The van der Waals surface area contributed by atoms with Crippen LogP contribution in [-0.4, -0.2) is 33.3 Å². The Hall–Kier alpha value is -1.82. The zero-order valence-corrected chi connectivity index (χ0v) is 10.2. The molecule has 0 bridgehead atoms. The van der Waals surface area contributed by atoms with Crippen LogP contribution in [0.4, 0.5) is 0 Å². The van der Waals surface area contributed by atoms with Gasteiger partial charge in [-0.2, -0.15) is 4.98 Å².